The van der Waals surface area contributed by atoms with Gasteiger partial charge in [0.25, 0.3) is 0 Å². The molecule has 2 heterocycles. The Morgan fingerprint density at radius 2 is 2.12 bits per heavy atom. The van der Waals surface area contributed by atoms with E-state index in [0.717, 1.165) is 17.9 Å². The lowest BCUT2D eigenvalue weighted by Gasteiger charge is -2.18. The van der Waals surface area contributed by atoms with Crippen molar-refractivity contribution >= 4 is 5.84 Å². The maximum absolute atomic E-state index is 8.05. The highest BCUT2D eigenvalue weighted by Crippen LogP contribution is 2.20. The van der Waals surface area contributed by atoms with Crippen molar-refractivity contribution in [1.82, 2.24) is 10.4 Å². The summed E-state index contributed by atoms with van der Waals surface area (Å²) in [7, 11) is 0. The molecule has 0 spiro atoms. The molecule has 0 bridgehead atoms. The maximum atomic E-state index is 8.05. The van der Waals surface area contributed by atoms with Gasteiger partial charge >= 0.3 is 0 Å². The van der Waals surface area contributed by atoms with Crippen LogP contribution in [0.5, 0.6) is 0 Å². The summed E-state index contributed by atoms with van der Waals surface area (Å²) < 4.78 is 5.25. The van der Waals surface area contributed by atoms with Crippen LogP contribution in [0, 0.1) is 5.41 Å². The molecule has 1 aliphatic rings. The second-order valence-electron chi connectivity index (χ2n) is 4.01. The van der Waals surface area contributed by atoms with Crippen molar-refractivity contribution in [2.24, 2.45) is 0 Å². The molecular weight excluding hydrogens is 214 g/mol. The number of nitrogens with zero attached hydrogens (tertiary/aromatic N) is 1. The molecule has 0 saturated heterocycles. The molecule has 0 aliphatic carbocycles. The van der Waals surface area contributed by atoms with Crippen LogP contribution in [0.4, 0.5) is 0 Å². The topological polar surface area (TPSA) is 52.3 Å². The monoisotopic (exact) mass is 227 g/mol. The smallest absolute Gasteiger partial charge is 0.143 e. The molecular formula is C13H13N3O. The molecule has 0 atom stereocenters. The summed E-state index contributed by atoms with van der Waals surface area (Å²) in [5.74, 6) is 1.39. The molecule has 4 heteroatoms. The number of hydrogen-bond acceptors (Lipinski definition) is 3. The van der Waals surface area contributed by atoms with Gasteiger partial charge in [0.05, 0.1) is 19.4 Å². The highest BCUT2D eigenvalue weighted by Gasteiger charge is 2.23. The van der Waals surface area contributed by atoms with Crippen LogP contribution < -0.4 is 5.43 Å². The van der Waals surface area contributed by atoms with E-state index < -0.39 is 0 Å². The van der Waals surface area contributed by atoms with Gasteiger partial charge in [0.2, 0.25) is 0 Å². The lowest BCUT2D eigenvalue weighted by molar-refractivity contribution is 0.290. The molecule has 17 heavy (non-hydrogen) atoms. The van der Waals surface area contributed by atoms with Crippen LogP contribution in [0.2, 0.25) is 0 Å². The Balaban J connectivity index is 1.70. The molecule has 3 rings (SSSR count). The van der Waals surface area contributed by atoms with Crippen molar-refractivity contribution in [3.63, 3.8) is 0 Å². The molecule has 86 valence electrons. The van der Waals surface area contributed by atoms with Crippen LogP contribution in [-0.2, 0) is 13.1 Å². The van der Waals surface area contributed by atoms with Crippen molar-refractivity contribution in [3.8, 4) is 0 Å². The summed E-state index contributed by atoms with van der Waals surface area (Å²) in [5, 5.41) is 9.89. The predicted octanol–water partition coefficient (Wildman–Crippen LogP) is 2.13. The summed E-state index contributed by atoms with van der Waals surface area (Å²) in [4.78, 5) is 0. The van der Waals surface area contributed by atoms with Crippen LogP contribution >= 0.6 is 0 Å². The quantitative estimate of drug-likeness (QED) is 0.844. The van der Waals surface area contributed by atoms with Gasteiger partial charge < -0.3 is 4.42 Å². The predicted molar refractivity (Wildman–Crippen MR) is 64.4 cm³/mol. The van der Waals surface area contributed by atoms with E-state index in [-0.39, 0.29) is 0 Å². The van der Waals surface area contributed by atoms with Crippen LogP contribution in [0.1, 0.15) is 16.9 Å². The van der Waals surface area contributed by atoms with E-state index in [4.69, 9.17) is 9.83 Å². The van der Waals surface area contributed by atoms with Gasteiger partial charge in [0.15, 0.2) is 0 Å². The number of hydrazine groups is 1. The first kappa shape index (κ1) is 10.1. The Labute approximate surface area is 99.3 Å². The van der Waals surface area contributed by atoms with Crippen molar-refractivity contribution in [3.05, 3.63) is 59.5 Å². The minimum atomic E-state index is 0.521. The van der Waals surface area contributed by atoms with Gasteiger partial charge in [-0.05, 0) is 17.7 Å². The van der Waals surface area contributed by atoms with E-state index in [1.807, 2.05) is 35.3 Å². The van der Waals surface area contributed by atoms with Gasteiger partial charge in [-0.25, -0.2) is 5.43 Å². The van der Waals surface area contributed by atoms with Crippen LogP contribution in [0.25, 0.3) is 0 Å². The van der Waals surface area contributed by atoms with Crippen molar-refractivity contribution in [2.45, 2.75) is 13.1 Å². The third-order valence-corrected chi connectivity index (χ3v) is 2.90. The summed E-state index contributed by atoms with van der Waals surface area (Å²) in [5.41, 5.74) is 5.38. The zero-order chi connectivity index (χ0) is 11.7. The molecule has 0 fully saturated rings. The van der Waals surface area contributed by atoms with E-state index in [9.17, 15) is 0 Å². The molecule has 1 aromatic heterocycles. The molecule has 1 aromatic carbocycles. The summed E-state index contributed by atoms with van der Waals surface area (Å²) >= 11 is 0. The Kier molecular flexibility index (Phi) is 2.42. The third kappa shape index (κ3) is 1.83. The molecule has 2 aromatic rings. The number of benzene rings is 1. The maximum Gasteiger partial charge on any atom is 0.143 e. The van der Waals surface area contributed by atoms with Gasteiger partial charge in [-0.3, -0.25) is 10.4 Å². The SMILES string of the molecule is N=C1c2ccccc2CN1NCc1ccco1. The van der Waals surface area contributed by atoms with Gasteiger partial charge in [0.1, 0.15) is 11.6 Å². The lowest BCUT2D eigenvalue weighted by atomic mass is 10.1. The lowest BCUT2D eigenvalue weighted by Crippen LogP contribution is -2.37. The Morgan fingerprint density at radius 1 is 1.24 bits per heavy atom. The van der Waals surface area contributed by atoms with E-state index in [1.54, 1.807) is 6.26 Å². The first-order chi connectivity index (χ1) is 8.34. The third-order valence-electron chi connectivity index (χ3n) is 2.90. The highest BCUT2D eigenvalue weighted by atomic mass is 16.3. The molecule has 1 aliphatic heterocycles. The number of fused-ring (bicyclic) bond motifs is 1. The molecule has 0 amide bonds. The summed E-state index contributed by atoms with van der Waals surface area (Å²) in [6, 6.07) is 11.8. The van der Waals surface area contributed by atoms with Gasteiger partial charge in [-0.1, -0.05) is 24.3 Å². The minimum absolute atomic E-state index is 0.521. The molecule has 0 radical (unpaired) electrons. The van der Waals surface area contributed by atoms with Crippen LogP contribution in [0.3, 0.4) is 0 Å². The number of rotatable bonds is 3. The fraction of sp³-hybridized carbons (Fsp3) is 0.154. The number of furan rings is 1. The number of nitrogens with one attached hydrogen (secondary N) is 2. The first-order valence-electron chi connectivity index (χ1n) is 5.55. The minimum Gasteiger partial charge on any atom is -0.468 e. The van der Waals surface area contributed by atoms with Crippen LogP contribution in [-0.4, -0.2) is 10.8 Å². The van der Waals surface area contributed by atoms with Crippen molar-refractivity contribution in [2.75, 3.05) is 0 Å². The zero-order valence-electron chi connectivity index (χ0n) is 9.31. The normalized spacial score (nSPS) is 14.1. The highest BCUT2D eigenvalue weighted by molar-refractivity contribution is 5.99. The fourth-order valence-corrected chi connectivity index (χ4v) is 2.01. The largest absolute Gasteiger partial charge is 0.468 e. The van der Waals surface area contributed by atoms with Crippen molar-refractivity contribution in [1.29, 1.82) is 5.41 Å². The zero-order valence-corrected chi connectivity index (χ0v) is 9.31. The molecule has 0 saturated carbocycles. The van der Waals surface area contributed by atoms with E-state index in [2.05, 4.69) is 11.5 Å². The van der Waals surface area contributed by atoms with E-state index >= 15 is 0 Å². The average Bonchev–Trinajstić information content (AvgIpc) is 2.96. The Morgan fingerprint density at radius 3 is 2.88 bits per heavy atom. The van der Waals surface area contributed by atoms with Gasteiger partial charge in [-0.15, -0.1) is 0 Å². The van der Waals surface area contributed by atoms with E-state index in [0.29, 0.717) is 12.4 Å². The van der Waals surface area contributed by atoms with Crippen molar-refractivity contribution < 1.29 is 4.42 Å². The molecule has 0 unspecified atom stereocenters. The fourth-order valence-electron chi connectivity index (χ4n) is 2.01. The Hall–Kier alpha value is -2.07. The van der Waals surface area contributed by atoms with Crippen LogP contribution in [0.15, 0.2) is 47.1 Å². The molecule has 2 N–H and O–H groups in total. The summed E-state index contributed by atoms with van der Waals surface area (Å²) in [6.07, 6.45) is 1.65. The summed E-state index contributed by atoms with van der Waals surface area (Å²) in [6.45, 7) is 1.33. The number of amidine groups is 1. The van der Waals surface area contributed by atoms with Gasteiger partial charge in [-0.2, -0.15) is 0 Å². The first-order valence-corrected chi connectivity index (χ1v) is 5.55. The standard InChI is InChI=1S/C13H13N3O/c14-13-12-6-2-1-4-10(12)9-16(13)15-8-11-5-3-7-17-11/h1-7,14-15H,8-9H2. The number of hydrogen-bond donors (Lipinski definition) is 2. The average molecular weight is 227 g/mol. The van der Waals surface area contributed by atoms with E-state index in [1.165, 1.54) is 5.56 Å². The second kappa shape index (κ2) is 4.07. The molecule has 4 nitrogen and oxygen atoms in total. The van der Waals surface area contributed by atoms with Gasteiger partial charge in [0, 0.05) is 5.56 Å². The second-order valence-corrected chi connectivity index (χ2v) is 4.01. The Bertz CT molecular complexity index is 533.